The molecule has 1 fully saturated rings. The molecule has 1 aliphatic rings. The van der Waals surface area contributed by atoms with Crippen LogP contribution in [0.1, 0.15) is 30.5 Å². The molecule has 21 heavy (non-hydrogen) atoms. The quantitative estimate of drug-likeness (QED) is 0.928. The van der Waals surface area contributed by atoms with Crippen LogP contribution in [0, 0.1) is 12.8 Å². The number of urea groups is 1. The van der Waals surface area contributed by atoms with E-state index in [2.05, 4.69) is 4.98 Å². The Balaban J connectivity index is 1.95. The summed E-state index contributed by atoms with van der Waals surface area (Å²) < 4.78 is 0. The summed E-state index contributed by atoms with van der Waals surface area (Å²) in [5, 5.41) is 12.0. The molecular weight excluding hydrogens is 290 g/mol. The fourth-order valence-electron chi connectivity index (χ4n) is 2.69. The van der Waals surface area contributed by atoms with Gasteiger partial charge in [-0.05, 0) is 26.7 Å². The standard InChI is InChI=1S/C14H21N3O3S/c1-9-6-11(13(18)19)4-5-17(9)14(20)16(3)7-12-8-21-10(2)15-12/h8-9,11H,4-7H2,1-3H3,(H,18,19). The Labute approximate surface area is 128 Å². The number of carbonyl (C=O) groups excluding carboxylic acids is 1. The van der Waals surface area contributed by atoms with Crippen LogP contribution in [0.5, 0.6) is 0 Å². The highest BCUT2D eigenvalue weighted by Gasteiger charge is 2.33. The third kappa shape index (κ3) is 3.72. The number of carboxylic acids is 1. The Morgan fingerprint density at radius 3 is 2.81 bits per heavy atom. The van der Waals surface area contributed by atoms with E-state index < -0.39 is 5.97 Å². The normalized spacial score (nSPS) is 22.1. The molecule has 1 aromatic heterocycles. The maximum atomic E-state index is 12.5. The van der Waals surface area contributed by atoms with Crippen molar-refractivity contribution < 1.29 is 14.7 Å². The zero-order valence-corrected chi connectivity index (χ0v) is 13.4. The highest BCUT2D eigenvalue weighted by molar-refractivity contribution is 7.09. The fraction of sp³-hybridized carbons (Fsp3) is 0.643. The Kier molecular flexibility index (Phi) is 4.82. The molecule has 1 N–H and O–H groups in total. The SMILES string of the molecule is Cc1nc(CN(C)C(=O)N2CCC(C(=O)O)CC2C)cs1. The third-order valence-electron chi connectivity index (χ3n) is 3.86. The Bertz CT molecular complexity index is 531. The van der Waals surface area contributed by atoms with Crippen molar-refractivity contribution >= 4 is 23.3 Å². The van der Waals surface area contributed by atoms with Crippen LogP contribution in [0.2, 0.25) is 0 Å². The second kappa shape index (κ2) is 6.43. The van der Waals surface area contributed by atoms with Crippen molar-refractivity contribution in [3.8, 4) is 0 Å². The maximum absolute atomic E-state index is 12.5. The summed E-state index contributed by atoms with van der Waals surface area (Å²) in [6.07, 6.45) is 1.04. The number of carboxylic acid groups (broad SMARTS) is 1. The summed E-state index contributed by atoms with van der Waals surface area (Å²) in [6.45, 7) is 4.83. The summed E-state index contributed by atoms with van der Waals surface area (Å²) in [6, 6.07) is -0.107. The van der Waals surface area contributed by atoms with Gasteiger partial charge in [0.2, 0.25) is 0 Å². The lowest BCUT2D eigenvalue weighted by Gasteiger charge is -2.38. The van der Waals surface area contributed by atoms with Crippen molar-refractivity contribution in [1.29, 1.82) is 0 Å². The van der Waals surface area contributed by atoms with Crippen LogP contribution in [0.25, 0.3) is 0 Å². The van der Waals surface area contributed by atoms with Gasteiger partial charge in [0.15, 0.2) is 0 Å². The van der Waals surface area contributed by atoms with Gasteiger partial charge in [0, 0.05) is 25.0 Å². The number of thiazole rings is 1. The predicted molar refractivity (Wildman–Crippen MR) is 80.2 cm³/mol. The van der Waals surface area contributed by atoms with Crippen LogP contribution in [0.3, 0.4) is 0 Å². The first kappa shape index (κ1) is 15.8. The minimum Gasteiger partial charge on any atom is -0.481 e. The Morgan fingerprint density at radius 1 is 1.57 bits per heavy atom. The molecule has 2 unspecified atom stereocenters. The second-order valence-electron chi connectivity index (χ2n) is 5.60. The molecule has 1 aliphatic heterocycles. The van der Waals surface area contributed by atoms with Crippen LogP contribution in [-0.4, -0.2) is 51.5 Å². The van der Waals surface area contributed by atoms with Gasteiger partial charge >= 0.3 is 12.0 Å². The number of likely N-dealkylation sites (tertiary alicyclic amines) is 1. The number of aromatic nitrogens is 1. The first-order valence-corrected chi connectivity index (χ1v) is 7.92. The number of hydrogen-bond donors (Lipinski definition) is 1. The van der Waals surface area contributed by atoms with Crippen LogP contribution in [0.4, 0.5) is 4.79 Å². The smallest absolute Gasteiger partial charge is 0.320 e. The third-order valence-corrected chi connectivity index (χ3v) is 4.69. The molecule has 0 saturated carbocycles. The van der Waals surface area contributed by atoms with E-state index in [9.17, 15) is 9.59 Å². The molecule has 7 heteroatoms. The van der Waals surface area contributed by atoms with E-state index in [4.69, 9.17) is 5.11 Å². The average molecular weight is 311 g/mol. The van der Waals surface area contributed by atoms with Gasteiger partial charge in [0.25, 0.3) is 0 Å². The number of rotatable bonds is 3. The number of hydrogen-bond acceptors (Lipinski definition) is 4. The van der Waals surface area contributed by atoms with E-state index in [-0.39, 0.29) is 18.0 Å². The Morgan fingerprint density at radius 2 is 2.29 bits per heavy atom. The summed E-state index contributed by atoms with van der Waals surface area (Å²) in [5.41, 5.74) is 0.890. The van der Waals surface area contributed by atoms with Gasteiger partial charge in [-0.1, -0.05) is 0 Å². The molecule has 6 nitrogen and oxygen atoms in total. The van der Waals surface area contributed by atoms with Crippen LogP contribution < -0.4 is 0 Å². The minimum absolute atomic E-state index is 0.0491. The van der Waals surface area contributed by atoms with Crippen molar-refractivity contribution in [1.82, 2.24) is 14.8 Å². The van der Waals surface area contributed by atoms with E-state index >= 15 is 0 Å². The summed E-state index contributed by atoms with van der Waals surface area (Å²) >= 11 is 1.57. The zero-order valence-electron chi connectivity index (χ0n) is 12.6. The predicted octanol–water partition coefficient (Wildman–Crippen LogP) is 2.19. The first-order valence-electron chi connectivity index (χ1n) is 7.04. The molecule has 2 amide bonds. The molecule has 116 valence electrons. The molecule has 0 aromatic carbocycles. The highest BCUT2D eigenvalue weighted by atomic mass is 32.1. The van der Waals surface area contributed by atoms with Crippen molar-refractivity contribution in [2.24, 2.45) is 5.92 Å². The number of piperidine rings is 1. The molecule has 0 spiro atoms. The second-order valence-corrected chi connectivity index (χ2v) is 6.66. The van der Waals surface area contributed by atoms with Crippen molar-refractivity contribution in [3.63, 3.8) is 0 Å². The largest absolute Gasteiger partial charge is 0.481 e. The summed E-state index contributed by atoms with van der Waals surface area (Å²) in [5.74, 6) is -1.10. The number of carbonyl (C=O) groups is 2. The topological polar surface area (TPSA) is 73.7 Å². The molecule has 2 heterocycles. The van der Waals surface area contributed by atoms with E-state index in [1.54, 1.807) is 28.2 Å². The van der Waals surface area contributed by atoms with Gasteiger partial charge in [-0.3, -0.25) is 4.79 Å². The molecule has 2 rings (SSSR count). The highest BCUT2D eigenvalue weighted by Crippen LogP contribution is 2.24. The lowest BCUT2D eigenvalue weighted by Crippen LogP contribution is -2.50. The zero-order chi connectivity index (χ0) is 15.6. The molecule has 0 radical (unpaired) electrons. The Hall–Kier alpha value is -1.63. The van der Waals surface area contributed by atoms with Crippen molar-refractivity contribution in [2.45, 2.75) is 39.3 Å². The minimum atomic E-state index is -0.764. The number of aliphatic carboxylic acids is 1. The summed E-state index contributed by atoms with van der Waals surface area (Å²) in [4.78, 5) is 31.3. The van der Waals surface area contributed by atoms with Crippen LogP contribution in [-0.2, 0) is 11.3 Å². The molecule has 0 bridgehead atoms. The first-order chi connectivity index (χ1) is 9.88. The molecule has 1 saturated heterocycles. The molecular formula is C14H21N3O3S. The van der Waals surface area contributed by atoms with E-state index in [0.29, 0.717) is 25.9 Å². The van der Waals surface area contributed by atoms with E-state index in [0.717, 1.165) is 10.7 Å². The molecule has 2 atom stereocenters. The lowest BCUT2D eigenvalue weighted by molar-refractivity contribution is -0.143. The number of aryl methyl sites for hydroxylation is 1. The van der Waals surface area contributed by atoms with Gasteiger partial charge in [-0.25, -0.2) is 9.78 Å². The lowest BCUT2D eigenvalue weighted by atomic mass is 9.92. The van der Waals surface area contributed by atoms with Gasteiger partial charge in [0.1, 0.15) is 0 Å². The number of nitrogens with zero attached hydrogens (tertiary/aromatic N) is 3. The van der Waals surface area contributed by atoms with Gasteiger partial charge in [-0.2, -0.15) is 0 Å². The van der Waals surface area contributed by atoms with Crippen LogP contribution >= 0.6 is 11.3 Å². The van der Waals surface area contributed by atoms with Gasteiger partial charge < -0.3 is 14.9 Å². The van der Waals surface area contributed by atoms with Crippen LogP contribution in [0.15, 0.2) is 5.38 Å². The van der Waals surface area contributed by atoms with Gasteiger partial charge in [-0.15, -0.1) is 11.3 Å². The van der Waals surface area contributed by atoms with Crippen molar-refractivity contribution in [2.75, 3.05) is 13.6 Å². The number of amides is 2. The molecule has 1 aromatic rings. The molecule has 0 aliphatic carbocycles. The fourth-order valence-corrected chi connectivity index (χ4v) is 3.30. The monoisotopic (exact) mass is 311 g/mol. The van der Waals surface area contributed by atoms with E-state index in [1.165, 1.54) is 0 Å². The maximum Gasteiger partial charge on any atom is 0.320 e. The average Bonchev–Trinajstić information content (AvgIpc) is 2.83. The van der Waals surface area contributed by atoms with Crippen molar-refractivity contribution in [3.05, 3.63) is 16.1 Å². The van der Waals surface area contributed by atoms with Gasteiger partial charge in [0.05, 0.1) is 23.2 Å². The summed E-state index contributed by atoms with van der Waals surface area (Å²) in [7, 11) is 1.76. The van der Waals surface area contributed by atoms with E-state index in [1.807, 2.05) is 19.2 Å².